The largest absolute Gasteiger partial charge is 0.385 e. The molecule has 0 unspecified atom stereocenters. The molecule has 1 N–H and O–H groups in total. The van der Waals surface area contributed by atoms with Crippen LogP contribution in [0.2, 0.25) is 0 Å². The average molecular weight is 445 g/mol. The number of aryl methyl sites for hydroxylation is 2. The van der Waals surface area contributed by atoms with Crippen LogP contribution in [0, 0.1) is 13.8 Å². The van der Waals surface area contributed by atoms with E-state index in [0.717, 1.165) is 6.54 Å². The van der Waals surface area contributed by atoms with Gasteiger partial charge in [-0.25, -0.2) is 0 Å². The van der Waals surface area contributed by atoms with Gasteiger partial charge in [0.1, 0.15) is 0 Å². The maximum atomic E-state index is 3.56. The van der Waals surface area contributed by atoms with E-state index in [1.165, 1.54) is 93.9 Å². The number of nitrogens with one attached hydrogen (secondary N) is 1. The molecule has 0 aliphatic heterocycles. The van der Waals surface area contributed by atoms with Crippen molar-refractivity contribution in [3.05, 3.63) is 29.3 Å². The fraction of sp³-hybridized carbons (Fsp3) is 0.727. The van der Waals surface area contributed by atoms with Crippen LogP contribution >= 0.6 is 24.0 Å². The van der Waals surface area contributed by atoms with Crippen molar-refractivity contribution in [1.29, 1.82) is 0 Å². The highest BCUT2D eigenvalue weighted by Gasteiger charge is 1.96. The van der Waals surface area contributed by atoms with E-state index in [4.69, 9.17) is 0 Å². The molecule has 1 aromatic rings. The van der Waals surface area contributed by atoms with Gasteiger partial charge in [0, 0.05) is 12.2 Å². The second-order valence-corrected chi connectivity index (χ2v) is 7.19. The number of rotatable bonds is 14. The zero-order valence-electron chi connectivity index (χ0n) is 16.3. The minimum Gasteiger partial charge on any atom is -0.385 e. The van der Waals surface area contributed by atoms with Gasteiger partial charge in [0.25, 0.3) is 0 Å². The highest BCUT2D eigenvalue weighted by Crippen LogP contribution is 2.15. The molecule has 24 heavy (non-hydrogen) atoms. The summed E-state index contributed by atoms with van der Waals surface area (Å²) in [6, 6.07) is 6.72. The van der Waals surface area contributed by atoms with E-state index in [-0.39, 0.29) is 24.0 Å². The molecule has 1 nitrogen and oxygen atoms in total. The third kappa shape index (κ3) is 13.1. The highest BCUT2D eigenvalue weighted by molar-refractivity contribution is 14.0. The zero-order chi connectivity index (χ0) is 16.8. The molecule has 0 atom stereocenters. The van der Waals surface area contributed by atoms with E-state index in [1.807, 2.05) is 0 Å². The maximum Gasteiger partial charge on any atom is 0.0345 e. The van der Waals surface area contributed by atoms with Crippen molar-refractivity contribution in [3.8, 4) is 0 Å². The summed E-state index contributed by atoms with van der Waals surface area (Å²) in [6.45, 7) is 7.74. The van der Waals surface area contributed by atoms with E-state index >= 15 is 0 Å². The van der Waals surface area contributed by atoms with Gasteiger partial charge in [-0.1, -0.05) is 83.6 Å². The SMILES string of the molecule is CCCCCCCCCCCCCCNc1cc(C)cc(C)c1.I. The lowest BCUT2D eigenvalue weighted by atomic mass is 10.1. The molecule has 0 fully saturated rings. The fourth-order valence-corrected chi connectivity index (χ4v) is 3.28. The second-order valence-electron chi connectivity index (χ2n) is 7.19. The summed E-state index contributed by atoms with van der Waals surface area (Å²) in [5, 5.41) is 3.56. The van der Waals surface area contributed by atoms with Crippen LogP contribution in [-0.2, 0) is 0 Å². The quantitative estimate of drug-likeness (QED) is 0.226. The Morgan fingerprint density at radius 3 is 1.50 bits per heavy atom. The predicted octanol–water partition coefficient (Wildman–Crippen LogP) is 8.03. The monoisotopic (exact) mass is 445 g/mol. The lowest BCUT2D eigenvalue weighted by molar-refractivity contribution is 0.546. The fourth-order valence-electron chi connectivity index (χ4n) is 3.28. The molecule has 0 amide bonds. The number of hydrogen-bond donors (Lipinski definition) is 1. The standard InChI is InChI=1S/C22H39N.HI/c1-4-5-6-7-8-9-10-11-12-13-14-15-16-23-22-18-20(2)17-21(3)19-22;/h17-19,23H,4-16H2,1-3H3;1H. The molecule has 0 spiro atoms. The smallest absolute Gasteiger partial charge is 0.0345 e. The number of benzene rings is 1. The summed E-state index contributed by atoms with van der Waals surface area (Å²) < 4.78 is 0. The molecule has 0 saturated carbocycles. The molecule has 0 aliphatic rings. The van der Waals surface area contributed by atoms with Gasteiger partial charge in [-0.3, -0.25) is 0 Å². The molecule has 0 aromatic heterocycles. The van der Waals surface area contributed by atoms with Crippen LogP contribution in [0.5, 0.6) is 0 Å². The van der Waals surface area contributed by atoms with Crippen molar-refractivity contribution < 1.29 is 0 Å². The van der Waals surface area contributed by atoms with Gasteiger partial charge in [-0.2, -0.15) is 0 Å². The second kappa shape index (κ2) is 16.2. The predicted molar refractivity (Wildman–Crippen MR) is 121 cm³/mol. The number of hydrogen-bond acceptors (Lipinski definition) is 1. The maximum absolute atomic E-state index is 3.56. The molecule has 0 saturated heterocycles. The first kappa shape index (κ1) is 23.8. The molecule has 1 aromatic carbocycles. The van der Waals surface area contributed by atoms with Gasteiger partial charge in [-0.15, -0.1) is 24.0 Å². The molecule has 1 rings (SSSR count). The lowest BCUT2D eigenvalue weighted by Gasteiger charge is -2.08. The van der Waals surface area contributed by atoms with Crippen molar-refractivity contribution >= 4 is 29.7 Å². The van der Waals surface area contributed by atoms with Gasteiger partial charge in [-0.05, 0) is 43.5 Å². The Hall–Kier alpha value is -0.250. The Morgan fingerprint density at radius 2 is 1.04 bits per heavy atom. The zero-order valence-corrected chi connectivity index (χ0v) is 18.7. The van der Waals surface area contributed by atoms with Crippen LogP contribution in [0.15, 0.2) is 18.2 Å². The number of halogens is 1. The van der Waals surface area contributed by atoms with Gasteiger partial charge in [0.05, 0.1) is 0 Å². The average Bonchev–Trinajstić information content (AvgIpc) is 2.51. The van der Waals surface area contributed by atoms with Crippen molar-refractivity contribution in [2.75, 3.05) is 11.9 Å². The minimum absolute atomic E-state index is 0. The molecule has 2 heteroatoms. The van der Waals surface area contributed by atoms with Crippen molar-refractivity contribution in [1.82, 2.24) is 0 Å². The summed E-state index contributed by atoms with van der Waals surface area (Å²) in [7, 11) is 0. The normalized spacial score (nSPS) is 10.5. The van der Waals surface area contributed by atoms with Crippen LogP contribution in [0.1, 0.15) is 95.1 Å². The van der Waals surface area contributed by atoms with Gasteiger partial charge in [0.2, 0.25) is 0 Å². The summed E-state index contributed by atoms with van der Waals surface area (Å²) in [5.41, 5.74) is 3.98. The van der Waals surface area contributed by atoms with Crippen LogP contribution in [-0.4, -0.2) is 6.54 Å². The third-order valence-corrected chi connectivity index (χ3v) is 4.58. The topological polar surface area (TPSA) is 12.0 Å². The lowest BCUT2D eigenvalue weighted by Crippen LogP contribution is -2.01. The Labute approximate surface area is 168 Å². The third-order valence-electron chi connectivity index (χ3n) is 4.58. The summed E-state index contributed by atoms with van der Waals surface area (Å²) >= 11 is 0. The molecule has 0 bridgehead atoms. The molecule has 0 radical (unpaired) electrons. The Balaban J connectivity index is 0.00000529. The molecular weight excluding hydrogens is 405 g/mol. The van der Waals surface area contributed by atoms with E-state index in [1.54, 1.807) is 0 Å². The minimum atomic E-state index is 0. The Kier molecular flexibility index (Phi) is 16.1. The van der Waals surface area contributed by atoms with Crippen molar-refractivity contribution in [2.45, 2.75) is 97.8 Å². The van der Waals surface area contributed by atoms with Crippen LogP contribution in [0.25, 0.3) is 0 Å². The van der Waals surface area contributed by atoms with Crippen molar-refractivity contribution in [2.24, 2.45) is 0 Å². The molecule has 0 heterocycles. The van der Waals surface area contributed by atoms with E-state index in [2.05, 4.69) is 44.3 Å². The molecule has 0 aliphatic carbocycles. The van der Waals surface area contributed by atoms with Gasteiger partial charge < -0.3 is 5.32 Å². The number of unbranched alkanes of at least 4 members (excludes halogenated alkanes) is 11. The first-order valence-electron chi connectivity index (χ1n) is 10.0. The summed E-state index contributed by atoms with van der Waals surface area (Å²) in [6.07, 6.45) is 17.0. The highest BCUT2D eigenvalue weighted by atomic mass is 127. The van der Waals surface area contributed by atoms with Gasteiger partial charge in [0.15, 0.2) is 0 Å². The van der Waals surface area contributed by atoms with Crippen LogP contribution in [0.3, 0.4) is 0 Å². The molecule has 140 valence electrons. The Morgan fingerprint density at radius 1 is 0.625 bits per heavy atom. The Bertz CT molecular complexity index is 383. The first-order valence-corrected chi connectivity index (χ1v) is 10.0. The van der Waals surface area contributed by atoms with E-state index < -0.39 is 0 Å². The summed E-state index contributed by atoms with van der Waals surface area (Å²) in [4.78, 5) is 0. The van der Waals surface area contributed by atoms with Crippen LogP contribution < -0.4 is 5.32 Å². The van der Waals surface area contributed by atoms with Gasteiger partial charge >= 0.3 is 0 Å². The number of anilines is 1. The van der Waals surface area contributed by atoms with Crippen LogP contribution in [0.4, 0.5) is 5.69 Å². The first-order chi connectivity index (χ1) is 11.2. The summed E-state index contributed by atoms with van der Waals surface area (Å²) in [5.74, 6) is 0. The van der Waals surface area contributed by atoms with Crippen molar-refractivity contribution in [3.63, 3.8) is 0 Å². The van der Waals surface area contributed by atoms with E-state index in [0.29, 0.717) is 0 Å². The molecular formula is C22H40IN. The van der Waals surface area contributed by atoms with E-state index in [9.17, 15) is 0 Å².